The van der Waals surface area contributed by atoms with Crippen LogP contribution in [-0.4, -0.2) is 19.1 Å². The normalized spacial score (nSPS) is 14.2. The van der Waals surface area contributed by atoms with Gasteiger partial charge in [-0.3, -0.25) is 0 Å². The Balaban J connectivity index is 2.90. The third kappa shape index (κ3) is 2.49. The maximum Gasteiger partial charge on any atom is 0.418 e. The molecule has 0 aliphatic carbocycles. The first-order chi connectivity index (χ1) is 5.91. The maximum atomic E-state index is 12.0. The van der Waals surface area contributed by atoms with Gasteiger partial charge in [0.05, 0.1) is 0 Å². The van der Waals surface area contributed by atoms with Gasteiger partial charge in [-0.2, -0.15) is 13.2 Å². The zero-order valence-electron chi connectivity index (χ0n) is 6.55. The quantitative estimate of drug-likeness (QED) is 0.650. The average molecular weight is 186 g/mol. The second-order valence-corrected chi connectivity index (χ2v) is 2.61. The highest BCUT2D eigenvalue weighted by molar-refractivity contribution is 6.32. The van der Waals surface area contributed by atoms with Crippen LogP contribution < -0.4 is 5.46 Å². The number of aliphatic hydroxyl groups is 1. The van der Waals surface area contributed by atoms with E-state index in [1.54, 1.807) is 0 Å². The lowest BCUT2D eigenvalue weighted by Gasteiger charge is -2.14. The Bertz CT molecular complexity index is 280. The number of benzene rings is 1. The molecule has 0 saturated carbocycles. The highest BCUT2D eigenvalue weighted by Gasteiger charge is 2.39. The first kappa shape index (κ1) is 10.1. The number of hydrogen-bond acceptors (Lipinski definition) is 1. The van der Waals surface area contributed by atoms with Crippen molar-refractivity contribution in [3.63, 3.8) is 0 Å². The summed E-state index contributed by atoms with van der Waals surface area (Å²) in [6.45, 7) is 0. The lowest BCUT2D eigenvalue weighted by molar-refractivity contribution is -0.206. The van der Waals surface area contributed by atoms with E-state index in [4.69, 9.17) is 13.0 Å². The Morgan fingerprint density at radius 3 is 2.00 bits per heavy atom. The van der Waals surface area contributed by atoms with Crippen molar-refractivity contribution < 1.29 is 18.3 Å². The van der Waals surface area contributed by atoms with Crippen LogP contribution in [-0.2, 0) is 0 Å². The summed E-state index contributed by atoms with van der Waals surface area (Å²) in [6.07, 6.45) is -7.07. The summed E-state index contributed by atoms with van der Waals surface area (Å²) in [5, 5.41) is 8.78. The molecule has 1 rings (SSSR count). The molecule has 0 aromatic heterocycles. The molecule has 0 aliphatic rings. The van der Waals surface area contributed by atoms with Crippen molar-refractivity contribution in [3.05, 3.63) is 29.8 Å². The van der Waals surface area contributed by atoms with E-state index in [1.165, 1.54) is 12.1 Å². The van der Waals surface area contributed by atoms with Gasteiger partial charge < -0.3 is 5.11 Å². The molecule has 0 unspecified atom stereocenters. The molecule has 0 amide bonds. The fourth-order valence-electron chi connectivity index (χ4n) is 0.867. The lowest BCUT2D eigenvalue weighted by atomic mass is 9.94. The van der Waals surface area contributed by atoms with Crippen LogP contribution in [0, 0.1) is 0 Å². The van der Waals surface area contributed by atoms with E-state index in [1.807, 2.05) is 0 Å². The summed E-state index contributed by atoms with van der Waals surface area (Å²) in [5.74, 6) is 0. The Hall–Kier alpha value is -0.965. The standard InChI is InChI=1S/C8H6BF3O/c9-6-3-1-5(2-4-6)7(13)8(10,11)12/h1-4,7,13H/t7-/m1/s1. The van der Waals surface area contributed by atoms with Gasteiger partial charge in [0.25, 0.3) is 0 Å². The molecule has 13 heavy (non-hydrogen) atoms. The van der Waals surface area contributed by atoms with Gasteiger partial charge in [0.2, 0.25) is 0 Å². The minimum absolute atomic E-state index is 0.207. The molecule has 0 bridgehead atoms. The highest BCUT2D eigenvalue weighted by Crippen LogP contribution is 2.31. The highest BCUT2D eigenvalue weighted by atomic mass is 19.4. The summed E-state index contributed by atoms with van der Waals surface area (Å²) in [4.78, 5) is 0. The molecule has 1 N–H and O–H groups in total. The van der Waals surface area contributed by atoms with Gasteiger partial charge in [0.15, 0.2) is 6.10 Å². The van der Waals surface area contributed by atoms with Crippen molar-refractivity contribution in [1.82, 2.24) is 0 Å². The Morgan fingerprint density at radius 2 is 1.62 bits per heavy atom. The third-order valence-corrected chi connectivity index (χ3v) is 1.56. The van der Waals surface area contributed by atoms with Crippen molar-refractivity contribution in [2.24, 2.45) is 0 Å². The topological polar surface area (TPSA) is 20.2 Å². The fraction of sp³-hybridized carbons (Fsp3) is 0.250. The lowest BCUT2D eigenvalue weighted by Crippen LogP contribution is -2.20. The second kappa shape index (κ2) is 3.42. The number of alkyl halides is 3. The van der Waals surface area contributed by atoms with Gasteiger partial charge in [-0.05, 0) is 5.56 Å². The number of hydrogen-bond donors (Lipinski definition) is 1. The minimum atomic E-state index is -4.63. The fourth-order valence-corrected chi connectivity index (χ4v) is 0.867. The summed E-state index contributed by atoms with van der Waals surface area (Å²) in [5.41, 5.74) is 0.153. The molecule has 0 aliphatic heterocycles. The van der Waals surface area contributed by atoms with E-state index < -0.39 is 12.3 Å². The molecular formula is C8H6BF3O. The zero-order valence-corrected chi connectivity index (χ0v) is 6.55. The minimum Gasteiger partial charge on any atom is -0.379 e. The molecule has 2 radical (unpaired) electrons. The Labute approximate surface area is 74.6 Å². The van der Waals surface area contributed by atoms with E-state index in [0.717, 1.165) is 12.1 Å². The van der Waals surface area contributed by atoms with Crippen LogP contribution in [0.1, 0.15) is 11.7 Å². The number of aliphatic hydroxyl groups excluding tert-OH is 1. The smallest absolute Gasteiger partial charge is 0.379 e. The summed E-state index contributed by atoms with van der Waals surface area (Å²) in [6, 6.07) is 4.91. The molecule has 5 heteroatoms. The van der Waals surface area contributed by atoms with E-state index in [0.29, 0.717) is 5.46 Å². The first-order valence-electron chi connectivity index (χ1n) is 3.51. The largest absolute Gasteiger partial charge is 0.418 e. The van der Waals surface area contributed by atoms with Crippen molar-refractivity contribution in [2.75, 3.05) is 0 Å². The molecule has 68 valence electrons. The SMILES string of the molecule is [B]c1ccc([C@@H](O)C(F)(F)F)cc1. The van der Waals surface area contributed by atoms with Crippen LogP contribution in [0.5, 0.6) is 0 Å². The van der Waals surface area contributed by atoms with Crippen LogP contribution in [0.3, 0.4) is 0 Å². The molecule has 0 fully saturated rings. The molecule has 0 heterocycles. The molecule has 1 aromatic rings. The zero-order chi connectivity index (χ0) is 10.1. The van der Waals surface area contributed by atoms with Crippen LogP contribution in [0.4, 0.5) is 13.2 Å². The van der Waals surface area contributed by atoms with Gasteiger partial charge in [0, 0.05) is 0 Å². The van der Waals surface area contributed by atoms with Gasteiger partial charge in [-0.15, -0.1) is 0 Å². The molecule has 1 atom stereocenters. The predicted octanol–water partition coefficient (Wildman–Crippen LogP) is 1.08. The first-order valence-corrected chi connectivity index (χ1v) is 3.51. The molecular weight excluding hydrogens is 180 g/mol. The number of halogens is 3. The van der Waals surface area contributed by atoms with Crippen molar-refractivity contribution in [2.45, 2.75) is 12.3 Å². The molecule has 1 nitrogen and oxygen atoms in total. The van der Waals surface area contributed by atoms with Gasteiger partial charge in [-0.25, -0.2) is 0 Å². The second-order valence-electron chi connectivity index (χ2n) is 2.61. The molecule has 0 spiro atoms. The van der Waals surface area contributed by atoms with Crippen molar-refractivity contribution in [1.29, 1.82) is 0 Å². The van der Waals surface area contributed by atoms with E-state index in [2.05, 4.69) is 0 Å². The van der Waals surface area contributed by atoms with Gasteiger partial charge in [0.1, 0.15) is 7.85 Å². The van der Waals surface area contributed by atoms with E-state index in [-0.39, 0.29) is 5.56 Å². The molecule has 1 aromatic carbocycles. The summed E-state index contributed by atoms with van der Waals surface area (Å²) >= 11 is 0. The Morgan fingerprint density at radius 1 is 1.15 bits per heavy atom. The van der Waals surface area contributed by atoms with Gasteiger partial charge >= 0.3 is 6.18 Å². The average Bonchev–Trinajstić information content (AvgIpc) is 2.03. The van der Waals surface area contributed by atoms with Crippen LogP contribution in [0.2, 0.25) is 0 Å². The number of rotatable bonds is 1. The van der Waals surface area contributed by atoms with Crippen molar-refractivity contribution in [3.8, 4) is 0 Å². The molecule has 0 saturated heterocycles. The van der Waals surface area contributed by atoms with Crippen molar-refractivity contribution >= 4 is 13.3 Å². The van der Waals surface area contributed by atoms with Crippen LogP contribution in [0.25, 0.3) is 0 Å². The summed E-state index contributed by atoms with van der Waals surface area (Å²) < 4.78 is 35.9. The monoisotopic (exact) mass is 186 g/mol. The third-order valence-electron chi connectivity index (χ3n) is 1.56. The van der Waals surface area contributed by atoms with E-state index in [9.17, 15) is 13.2 Å². The maximum absolute atomic E-state index is 12.0. The van der Waals surface area contributed by atoms with Crippen LogP contribution in [0.15, 0.2) is 24.3 Å². The predicted molar refractivity (Wildman–Crippen MR) is 42.8 cm³/mol. The van der Waals surface area contributed by atoms with Gasteiger partial charge in [-0.1, -0.05) is 29.7 Å². The van der Waals surface area contributed by atoms with E-state index >= 15 is 0 Å². The summed E-state index contributed by atoms with van der Waals surface area (Å²) in [7, 11) is 5.27. The Kier molecular flexibility index (Phi) is 2.66. The van der Waals surface area contributed by atoms with Crippen LogP contribution >= 0.6 is 0 Å².